The van der Waals surface area contributed by atoms with E-state index in [0.29, 0.717) is 11.5 Å². The number of rotatable bonds is 6. The van der Waals surface area contributed by atoms with Crippen LogP contribution in [-0.2, 0) is 0 Å². The van der Waals surface area contributed by atoms with Crippen LogP contribution in [0.5, 0.6) is 0 Å². The van der Waals surface area contributed by atoms with Gasteiger partial charge in [0.15, 0.2) is 0 Å². The van der Waals surface area contributed by atoms with Gasteiger partial charge in [-0.15, -0.1) is 0 Å². The molecule has 0 aliphatic carbocycles. The number of aryl methyl sites for hydroxylation is 1. The van der Waals surface area contributed by atoms with Gasteiger partial charge in [0.2, 0.25) is 5.95 Å². The van der Waals surface area contributed by atoms with Crippen LogP contribution in [0.4, 0.5) is 11.6 Å². The Morgan fingerprint density at radius 1 is 1.11 bits per heavy atom. The Morgan fingerprint density at radius 2 is 1.78 bits per heavy atom. The molecule has 3 rings (SSSR count). The van der Waals surface area contributed by atoms with E-state index in [4.69, 9.17) is 0 Å². The van der Waals surface area contributed by atoms with E-state index in [0.717, 1.165) is 45.6 Å². The Hall–Kier alpha value is -2.63. The number of amides is 1. The number of carbonyl (C=O) groups is 1. The van der Waals surface area contributed by atoms with Crippen molar-refractivity contribution in [2.24, 2.45) is 0 Å². The summed E-state index contributed by atoms with van der Waals surface area (Å²) in [6, 6.07) is 8.61. The van der Waals surface area contributed by atoms with Crippen LogP contribution in [0.15, 0.2) is 36.7 Å². The van der Waals surface area contributed by atoms with Crippen LogP contribution < -0.4 is 9.80 Å². The number of hydrogen-bond acceptors (Lipinski definition) is 5. The third-order valence-electron chi connectivity index (χ3n) is 5.01. The molecule has 6 heteroatoms. The van der Waals surface area contributed by atoms with Crippen molar-refractivity contribution in [1.82, 2.24) is 14.9 Å². The molecule has 1 fully saturated rings. The molecule has 0 spiro atoms. The summed E-state index contributed by atoms with van der Waals surface area (Å²) in [5.74, 6) is 0.686. The first-order valence-electron chi connectivity index (χ1n) is 9.72. The monoisotopic (exact) mass is 367 g/mol. The maximum absolute atomic E-state index is 12.4. The Bertz CT molecular complexity index is 753. The van der Waals surface area contributed by atoms with Crippen molar-refractivity contribution < 1.29 is 4.79 Å². The van der Waals surface area contributed by atoms with E-state index in [1.807, 2.05) is 7.05 Å². The number of anilines is 2. The largest absolute Gasteiger partial charge is 0.368 e. The highest BCUT2D eigenvalue weighted by molar-refractivity contribution is 5.93. The molecule has 144 valence electrons. The third-order valence-corrected chi connectivity index (χ3v) is 5.01. The van der Waals surface area contributed by atoms with Crippen LogP contribution in [0.3, 0.4) is 0 Å². The third kappa shape index (κ3) is 4.76. The van der Waals surface area contributed by atoms with E-state index in [-0.39, 0.29) is 5.91 Å². The maximum atomic E-state index is 12.4. The average Bonchev–Trinajstić information content (AvgIpc) is 2.71. The molecule has 2 heterocycles. The normalized spacial score (nSPS) is 14.3. The molecular formula is C21H29N5O. The number of benzene rings is 1. The number of carbonyl (C=O) groups excluding carboxylic acids is 1. The van der Waals surface area contributed by atoms with E-state index in [1.165, 1.54) is 11.3 Å². The average molecular weight is 367 g/mol. The van der Waals surface area contributed by atoms with Crippen molar-refractivity contribution in [3.05, 3.63) is 47.8 Å². The first-order chi connectivity index (χ1) is 13.1. The summed E-state index contributed by atoms with van der Waals surface area (Å²) in [7, 11) is 1.83. The van der Waals surface area contributed by atoms with Gasteiger partial charge in [0.1, 0.15) is 0 Å². The minimum atomic E-state index is -0.0146. The highest BCUT2D eigenvalue weighted by atomic mass is 16.2. The molecule has 2 aromatic rings. The molecule has 1 aromatic carbocycles. The molecule has 0 unspecified atom stereocenters. The van der Waals surface area contributed by atoms with E-state index in [1.54, 1.807) is 17.3 Å². The lowest BCUT2D eigenvalue weighted by atomic mass is 10.2. The number of unbranched alkanes of at least 4 members (excludes halogenated alkanes) is 1. The second-order valence-electron chi connectivity index (χ2n) is 7.17. The molecule has 1 aliphatic rings. The second-order valence-corrected chi connectivity index (χ2v) is 7.17. The lowest BCUT2D eigenvalue weighted by molar-refractivity contribution is 0.0792. The van der Waals surface area contributed by atoms with Crippen molar-refractivity contribution in [1.29, 1.82) is 0 Å². The summed E-state index contributed by atoms with van der Waals surface area (Å²) in [6.45, 7) is 8.62. The smallest absolute Gasteiger partial charge is 0.256 e. The molecule has 0 radical (unpaired) electrons. The number of hydrogen-bond donors (Lipinski definition) is 0. The molecule has 6 nitrogen and oxygen atoms in total. The van der Waals surface area contributed by atoms with E-state index in [9.17, 15) is 4.79 Å². The zero-order valence-electron chi connectivity index (χ0n) is 16.6. The lowest BCUT2D eigenvalue weighted by Crippen LogP contribution is -2.47. The minimum Gasteiger partial charge on any atom is -0.368 e. The quantitative estimate of drug-likeness (QED) is 0.786. The summed E-state index contributed by atoms with van der Waals surface area (Å²) >= 11 is 0. The summed E-state index contributed by atoms with van der Waals surface area (Å²) in [5, 5.41) is 0. The SMILES string of the molecule is CCCCN(C)C(=O)c1cnc(N2CCN(c3cccc(C)c3)CC2)nc1. The van der Waals surface area contributed by atoms with E-state index >= 15 is 0 Å². The fraction of sp³-hybridized carbons (Fsp3) is 0.476. The predicted molar refractivity (Wildman–Crippen MR) is 110 cm³/mol. The fourth-order valence-corrected chi connectivity index (χ4v) is 3.30. The molecule has 0 N–H and O–H groups in total. The summed E-state index contributed by atoms with van der Waals surface area (Å²) in [4.78, 5) is 27.6. The van der Waals surface area contributed by atoms with Gasteiger partial charge in [0.05, 0.1) is 5.56 Å². The zero-order valence-corrected chi connectivity index (χ0v) is 16.6. The topological polar surface area (TPSA) is 52.6 Å². The molecule has 0 saturated carbocycles. The summed E-state index contributed by atoms with van der Waals surface area (Å²) < 4.78 is 0. The van der Waals surface area contributed by atoms with Crippen molar-refractivity contribution in [3.63, 3.8) is 0 Å². The van der Waals surface area contributed by atoms with E-state index < -0.39 is 0 Å². The van der Waals surface area contributed by atoms with Crippen LogP contribution in [0.25, 0.3) is 0 Å². The zero-order chi connectivity index (χ0) is 19.2. The van der Waals surface area contributed by atoms with Crippen LogP contribution in [0.1, 0.15) is 35.7 Å². The lowest BCUT2D eigenvalue weighted by Gasteiger charge is -2.36. The molecule has 1 aromatic heterocycles. The Labute approximate surface area is 161 Å². The Kier molecular flexibility index (Phi) is 6.27. The van der Waals surface area contributed by atoms with Gasteiger partial charge < -0.3 is 14.7 Å². The van der Waals surface area contributed by atoms with Gasteiger partial charge in [-0.2, -0.15) is 0 Å². The first-order valence-corrected chi connectivity index (χ1v) is 9.72. The van der Waals surface area contributed by atoms with Crippen molar-refractivity contribution >= 4 is 17.5 Å². The van der Waals surface area contributed by atoms with Crippen molar-refractivity contribution in [2.45, 2.75) is 26.7 Å². The highest BCUT2D eigenvalue weighted by Gasteiger charge is 2.20. The number of piperazine rings is 1. The molecule has 1 amide bonds. The van der Waals surface area contributed by atoms with Gasteiger partial charge >= 0.3 is 0 Å². The molecule has 0 bridgehead atoms. The molecule has 1 saturated heterocycles. The van der Waals surface area contributed by atoms with Gasteiger partial charge in [-0.1, -0.05) is 25.5 Å². The summed E-state index contributed by atoms with van der Waals surface area (Å²) in [5.41, 5.74) is 3.10. The van der Waals surface area contributed by atoms with Gasteiger partial charge in [-0.25, -0.2) is 9.97 Å². The predicted octanol–water partition coefficient (Wildman–Crippen LogP) is 2.98. The standard InChI is InChI=1S/C21H29N5O/c1-4-5-9-24(3)20(27)18-15-22-21(23-16-18)26-12-10-25(11-13-26)19-8-6-7-17(2)14-19/h6-8,14-16H,4-5,9-13H2,1-3H3. The molecular weight excluding hydrogens is 338 g/mol. The fourth-order valence-electron chi connectivity index (χ4n) is 3.30. The van der Waals surface area contributed by atoms with Crippen LogP contribution in [0.2, 0.25) is 0 Å². The summed E-state index contributed by atoms with van der Waals surface area (Å²) in [6.07, 6.45) is 5.38. The van der Waals surface area contributed by atoms with Gasteiger partial charge in [0, 0.05) is 57.9 Å². The maximum Gasteiger partial charge on any atom is 0.256 e. The second kappa shape index (κ2) is 8.84. The molecule has 0 atom stereocenters. The van der Waals surface area contributed by atoms with Crippen LogP contribution in [0, 0.1) is 6.92 Å². The minimum absolute atomic E-state index is 0.0146. The van der Waals surface area contributed by atoms with Crippen molar-refractivity contribution in [2.75, 3.05) is 49.6 Å². The number of aromatic nitrogens is 2. The Morgan fingerprint density at radius 3 is 2.41 bits per heavy atom. The molecule has 1 aliphatic heterocycles. The number of nitrogens with zero attached hydrogens (tertiary/aromatic N) is 5. The first kappa shape index (κ1) is 19.1. The van der Waals surface area contributed by atoms with Gasteiger partial charge in [-0.3, -0.25) is 4.79 Å². The van der Waals surface area contributed by atoms with Gasteiger partial charge in [-0.05, 0) is 31.0 Å². The van der Waals surface area contributed by atoms with E-state index in [2.05, 4.69) is 57.9 Å². The van der Waals surface area contributed by atoms with Crippen LogP contribution in [-0.4, -0.2) is 60.5 Å². The Balaban J connectivity index is 1.58. The van der Waals surface area contributed by atoms with Gasteiger partial charge in [0.25, 0.3) is 5.91 Å². The molecule has 27 heavy (non-hydrogen) atoms. The van der Waals surface area contributed by atoms with Crippen molar-refractivity contribution in [3.8, 4) is 0 Å². The highest BCUT2D eigenvalue weighted by Crippen LogP contribution is 2.19. The van der Waals surface area contributed by atoms with Crippen LogP contribution >= 0.6 is 0 Å².